The molecule has 1 N–H and O–H groups in total. The number of fused-ring (bicyclic) bond motifs is 1. The van der Waals surface area contributed by atoms with Crippen LogP contribution in [-0.4, -0.2) is 9.97 Å². The summed E-state index contributed by atoms with van der Waals surface area (Å²) < 4.78 is 0. The van der Waals surface area contributed by atoms with E-state index in [1.807, 2.05) is 6.20 Å². The van der Waals surface area contributed by atoms with Crippen LogP contribution in [-0.2, 0) is 6.42 Å². The molecule has 1 heterocycles. The summed E-state index contributed by atoms with van der Waals surface area (Å²) in [6.45, 7) is 0. The zero-order valence-corrected chi connectivity index (χ0v) is 11.0. The average Bonchev–Trinajstić information content (AvgIpc) is 3.16. The van der Waals surface area contributed by atoms with Gasteiger partial charge in [0.2, 0.25) is 0 Å². The van der Waals surface area contributed by atoms with E-state index in [9.17, 15) is 0 Å². The molecule has 96 valence electrons. The average molecular weight is 258 g/mol. The topological polar surface area (TPSA) is 28.7 Å². The normalized spacial score (nSPS) is 13.1. The van der Waals surface area contributed by atoms with Crippen molar-refractivity contribution in [3.8, 4) is 11.1 Å². The summed E-state index contributed by atoms with van der Waals surface area (Å²) in [6, 6.07) is 17.1. The maximum Gasteiger partial charge on any atom is 0.133 e. The van der Waals surface area contributed by atoms with Gasteiger partial charge in [0.1, 0.15) is 5.82 Å². The summed E-state index contributed by atoms with van der Waals surface area (Å²) >= 11 is 0. The molecule has 0 radical (unpaired) electrons. The highest BCUT2D eigenvalue weighted by atomic mass is 14.9. The van der Waals surface area contributed by atoms with E-state index in [4.69, 9.17) is 0 Å². The Morgan fingerprint density at radius 2 is 1.85 bits per heavy atom. The first kappa shape index (κ1) is 11.2. The third-order valence-electron chi connectivity index (χ3n) is 3.78. The van der Waals surface area contributed by atoms with E-state index in [2.05, 4.69) is 64.6 Å². The minimum absolute atomic E-state index is 0.948. The zero-order chi connectivity index (χ0) is 13.4. The summed E-state index contributed by atoms with van der Waals surface area (Å²) in [7, 11) is 0. The van der Waals surface area contributed by atoms with E-state index in [0.717, 1.165) is 12.2 Å². The molecule has 0 atom stereocenters. The van der Waals surface area contributed by atoms with Gasteiger partial charge < -0.3 is 4.98 Å². The molecule has 1 aromatic heterocycles. The standard InChI is InChI=1S/C18H14N2/c1-2-5-13(6-3-1)16-8-4-7-14-11-15(12-17(14)16)18-19-9-10-20-18/h1-10,12H,11H2,(H,19,20). The van der Waals surface area contributed by atoms with Gasteiger partial charge in [-0.1, -0.05) is 48.5 Å². The quantitative estimate of drug-likeness (QED) is 0.734. The number of benzene rings is 2. The number of aromatic amines is 1. The highest BCUT2D eigenvalue weighted by Gasteiger charge is 2.18. The summed E-state index contributed by atoms with van der Waals surface area (Å²) in [5, 5.41) is 0. The van der Waals surface area contributed by atoms with Crippen molar-refractivity contribution in [3.05, 3.63) is 77.9 Å². The molecule has 0 aliphatic heterocycles. The predicted molar refractivity (Wildman–Crippen MR) is 82.0 cm³/mol. The second kappa shape index (κ2) is 4.49. The fourth-order valence-electron chi connectivity index (χ4n) is 2.83. The van der Waals surface area contributed by atoms with Crippen molar-refractivity contribution in [2.24, 2.45) is 0 Å². The Labute approximate surface area is 117 Å². The van der Waals surface area contributed by atoms with Crippen molar-refractivity contribution in [2.75, 3.05) is 0 Å². The largest absolute Gasteiger partial charge is 0.345 e. The molecule has 0 fully saturated rings. The van der Waals surface area contributed by atoms with E-state index in [1.165, 1.54) is 27.8 Å². The van der Waals surface area contributed by atoms with Crippen molar-refractivity contribution >= 4 is 11.6 Å². The Bertz CT molecular complexity index is 768. The van der Waals surface area contributed by atoms with Gasteiger partial charge in [-0.2, -0.15) is 0 Å². The van der Waals surface area contributed by atoms with Crippen LogP contribution in [0, 0.1) is 0 Å². The van der Waals surface area contributed by atoms with Gasteiger partial charge in [0, 0.05) is 18.8 Å². The molecule has 0 saturated heterocycles. The van der Waals surface area contributed by atoms with Crippen LogP contribution in [0.15, 0.2) is 60.9 Å². The highest BCUT2D eigenvalue weighted by Crippen LogP contribution is 2.36. The number of H-pyrrole nitrogens is 1. The lowest BCUT2D eigenvalue weighted by Crippen LogP contribution is -1.88. The number of nitrogens with one attached hydrogen (secondary N) is 1. The van der Waals surface area contributed by atoms with Crippen molar-refractivity contribution in [3.63, 3.8) is 0 Å². The van der Waals surface area contributed by atoms with Gasteiger partial charge in [-0.15, -0.1) is 0 Å². The monoisotopic (exact) mass is 258 g/mol. The van der Waals surface area contributed by atoms with Crippen LogP contribution in [0.4, 0.5) is 0 Å². The Balaban J connectivity index is 1.84. The molecule has 20 heavy (non-hydrogen) atoms. The van der Waals surface area contributed by atoms with Crippen LogP contribution in [0.5, 0.6) is 0 Å². The molecule has 0 unspecified atom stereocenters. The van der Waals surface area contributed by atoms with E-state index in [-0.39, 0.29) is 0 Å². The van der Waals surface area contributed by atoms with Gasteiger partial charge in [0.15, 0.2) is 0 Å². The van der Waals surface area contributed by atoms with E-state index in [0.29, 0.717) is 0 Å². The van der Waals surface area contributed by atoms with Gasteiger partial charge in [0.05, 0.1) is 0 Å². The van der Waals surface area contributed by atoms with Crippen LogP contribution in [0.25, 0.3) is 22.8 Å². The molecule has 0 amide bonds. The number of imidazole rings is 1. The second-order valence-electron chi connectivity index (χ2n) is 5.03. The van der Waals surface area contributed by atoms with Crippen LogP contribution in [0.2, 0.25) is 0 Å². The predicted octanol–water partition coefficient (Wildman–Crippen LogP) is 4.17. The lowest BCUT2D eigenvalue weighted by atomic mass is 9.97. The van der Waals surface area contributed by atoms with E-state index in [1.54, 1.807) is 6.20 Å². The fourth-order valence-corrected chi connectivity index (χ4v) is 2.83. The summed E-state index contributed by atoms with van der Waals surface area (Å²) in [5.74, 6) is 0.972. The van der Waals surface area contributed by atoms with Crippen LogP contribution < -0.4 is 0 Å². The Morgan fingerprint density at radius 1 is 0.950 bits per heavy atom. The number of hydrogen-bond acceptors (Lipinski definition) is 1. The Hall–Kier alpha value is -2.61. The summed E-state index contributed by atoms with van der Waals surface area (Å²) in [6.07, 6.45) is 6.88. The maximum absolute atomic E-state index is 4.36. The molecular formula is C18H14N2. The van der Waals surface area contributed by atoms with Crippen molar-refractivity contribution in [1.29, 1.82) is 0 Å². The number of rotatable bonds is 2. The second-order valence-corrected chi connectivity index (χ2v) is 5.03. The van der Waals surface area contributed by atoms with Gasteiger partial charge in [-0.25, -0.2) is 4.98 Å². The SMILES string of the molecule is C1=C(c2ncc[nH]2)Cc2cccc(-c3ccccc3)c21. The molecule has 3 aromatic rings. The lowest BCUT2D eigenvalue weighted by Gasteiger charge is -2.07. The maximum atomic E-state index is 4.36. The molecular weight excluding hydrogens is 244 g/mol. The smallest absolute Gasteiger partial charge is 0.133 e. The number of allylic oxidation sites excluding steroid dienone is 1. The van der Waals surface area contributed by atoms with Crippen molar-refractivity contribution < 1.29 is 0 Å². The number of nitrogens with zero attached hydrogens (tertiary/aromatic N) is 1. The zero-order valence-electron chi connectivity index (χ0n) is 11.0. The van der Waals surface area contributed by atoms with Gasteiger partial charge in [-0.05, 0) is 33.9 Å². The van der Waals surface area contributed by atoms with Crippen molar-refractivity contribution in [2.45, 2.75) is 6.42 Å². The van der Waals surface area contributed by atoms with Gasteiger partial charge in [-0.3, -0.25) is 0 Å². The minimum Gasteiger partial charge on any atom is -0.345 e. The van der Waals surface area contributed by atoms with Gasteiger partial charge in [0.25, 0.3) is 0 Å². The first-order chi connectivity index (χ1) is 9.92. The molecule has 0 bridgehead atoms. The first-order valence-corrected chi connectivity index (χ1v) is 6.79. The Morgan fingerprint density at radius 3 is 2.65 bits per heavy atom. The molecule has 1 aliphatic rings. The fraction of sp³-hybridized carbons (Fsp3) is 0.0556. The third kappa shape index (κ3) is 1.77. The van der Waals surface area contributed by atoms with E-state index >= 15 is 0 Å². The first-order valence-electron chi connectivity index (χ1n) is 6.79. The molecule has 0 saturated carbocycles. The number of aromatic nitrogens is 2. The van der Waals surface area contributed by atoms with Crippen LogP contribution >= 0.6 is 0 Å². The molecule has 4 rings (SSSR count). The van der Waals surface area contributed by atoms with Crippen LogP contribution in [0.3, 0.4) is 0 Å². The van der Waals surface area contributed by atoms with Crippen molar-refractivity contribution in [1.82, 2.24) is 9.97 Å². The third-order valence-corrected chi connectivity index (χ3v) is 3.78. The number of hydrogen-bond donors (Lipinski definition) is 1. The van der Waals surface area contributed by atoms with E-state index < -0.39 is 0 Å². The molecule has 0 spiro atoms. The molecule has 1 aliphatic carbocycles. The highest BCUT2D eigenvalue weighted by molar-refractivity contribution is 5.92. The summed E-state index contributed by atoms with van der Waals surface area (Å²) in [5.41, 5.74) is 6.52. The minimum atomic E-state index is 0.948. The van der Waals surface area contributed by atoms with Crippen LogP contribution in [0.1, 0.15) is 17.0 Å². The molecule has 2 nitrogen and oxygen atoms in total. The summed E-state index contributed by atoms with van der Waals surface area (Å²) in [4.78, 5) is 7.55. The lowest BCUT2D eigenvalue weighted by molar-refractivity contribution is 1.19. The molecule has 2 aromatic carbocycles. The Kier molecular flexibility index (Phi) is 2.52. The van der Waals surface area contributed by atoms with Gasteiger partial charge >= 0.3 is 0 Å². The molecule has 2 heteroatoms.